The van der Waals surface area contributed by atoms with Gasteiger partial charge < -0.3 is 9.80 Å². The molecule has 0 N–H and O–H groups in total. The minimum Gasteiger partial charge on any atom is -0.309 e. The van der Waals surface area contributed by atoms with Gasteiger partial charge in [-0.25, -0.2) is 0 Å². The minimum atomic E-state index is 1.08. The lowest BCUT2D eigenvalue weighted by molar-refractivity contribution is 0.437. The van der Waals surface area contributed by atoms with Gasteiger partial charge in [0.05, 0.1) is 0 Å². The molecule has 0 heterocycles. The second kappa shape index (κ2) is 14.2. The van der Waals surface area contributed by atoms with Crippen molar-refractivity contribution in [3.63, 3.8) is 0 Å². The van der Waals surface area contributed by atoms with Crippen molar-refractivity contribution >= 4 is 47.8 Å². The molecule has 0 aliphatic heterocycles. The van der Waals surface area contributed by atoms with Crippen LogP contribution in [0.3, 0.4) is 0 Å². The summed E-state index contributed by atoms with van der Waals surface area (Å²) in [6, 6.07) is 26.0. The summed E-state index contributed by atoms with van der Waals surface area (Å²) in [4.78, 5) is 7.12. The van der Waals surface area contributed by atoms with Gasteiger partial charge in [0.15, 0.2) is 0 Å². The first-order chi connectivity index (χ1) is 16.5. The molecule has 3 rings (SSSR count). The fraction of sp³-hybridized carbons (Fsp3) is 0.267. The fourth-order valence-electron chi connectivity index (χ4n) is 3.27. The molecular formula is C30H36N2S2. The molecule has 0 aromatic heterocycles. The van der Waals surface area contributed by atoms with Crippen molar-refractivity contribution in [2.75, 3.05) is 52.8 Å². The second-order valence-electron chi connectivity index (χ2n) is 8.71. The van der Waals surface area contributed by atoms with Crippen LogP contribution in [0.25, 0.3) is 24.3 Å². The molecule has 0 atom stereocenters. The predicted octanol–water partition coefficient (Wildman–Crippen LogP) is 7.33. The molecule has 0 fully saturated rings. The molecule has 0 unspecified atom stereocenters. The highest BCUT2D eigenvalue weighted by Gasteiger charge is 2.02. The average molecular weight is 489 g/mol. The van der Waals surface area contributed by atoms with E-state index in [0.717, 1.165) is 24.6 Å². The number of rotatable bonds is 12. The first kappa shape index (κ1) is 26.4. The summed E-state index contributed by atoms with van der Waals surface area (Å²) in [6.45, 7) is 2.16. The van der Waals surface area contributed by atoms with Crippen LogP contribution in [0.2, 0.25) is 0 Å². The van der Waals surface area contributed by atoms with Gasteiger partial charge in [-0.2, -0.15) is 0 Å². The van der Waals surface area contributed by atoms with E-state index in [9.17, 15) is 0 Å². The van der Waals surface area contributed by atoms with E-state index in [2.05, 4.69) is 135 Å². The molecule has 3 aromatic rings. The van der Waals surface area contributed by atoms with Gasteiger partial charge in [0.25, 0.3) is 0 Å². The lowest BCUT2D eigenvalue weighted by atomic mass is 10.1. The highest BCUT2D eigenvalue weighted by atomic mass is 32.2. The second-order valence-corrected chi connectivity index (χ2v) is 11.0. The largest absolute Gasteiger partial charge is 0.309 e. The van der Waals surface area contributed by atoms with Crippen LogP contribution >= 0.6 is 23.5 Å². The molecule has 0 amide bonds. The zero-order chi connectivity index (χ0) is 24.2. The Morgan fingerprint density at radius 2 is 0.912 bits per heavy atom. The van der Waals surface area contributed by atoms with Gasteiger partial charge in [-0.05, 0) is 62.6 Å². The summed E-state index contributed by atoms with van der Waals surface area (Å²) >= 11 is 3.84. The predicted molar refractivity (Wildman–Crippen MR) is 156 cm³/mol. The lowest BCUT2D eigenvalue weighted by Gasteiger charge is -2.10. The topological polar surface area (TPSA) is 6.48 Å². The first-order valence-corrected chi connectivity index (χ1v) is 13.7. The Morgan fingerprint density at radius 1 is 0.529 bits per heavy atom. The average Bonchev–Trinajstić information content (AvgIpc) is 2.83. The van der Waals surface area contributed by atoms with Gasteiger partial charge in [0.1, 0.15) is 0 Å². The van der Waals surface area contributed by atoms with E-state index >= 15 is 0 Å². The maximum Gasteiger partial charge on any atom is 0.0145 e. The van der Waals surface area contributed by atoms with Crippen molar-refractivity contribution in [1.29, 1.82) is 0 Å². The number of thioether (sulfide) groups is 2. The molecule has 4 heteroatoms. The van der Waals surface area contributed by atoms with Crippen LogP contribution in [0.4, 0.5) is 0 Å². The zero-order valence-electron chi connectivity index (χ0n) is 20.8. The third kappa shape index (κ3) is 9.19. The standard InChI is InChI=1S/C30H36N2S2/c1-31(2)21-23-33-29-11-7-5-9-27(29)19-17-25-13-15-26(16-14-25)18-20-28-10-6-8-12-30(28)34-24-22-32(3)4/h5-20H,21-24H2,1-4H3. The molecule has 2 nitrogen and oxygen atoms in total. The summed E-state index contributed by atoms with van der Waals surface area (Å²) in [6.07, 6.45) is 8.86. The van der Waals surface area contributed by atoms with E-state index in [1.807, 2.05) is 23.5 Å². The van der Waals surface area contributed by atoms with Crippen molar-refractivity contribution in [3.05, 3.63) is 95.1 Å². The zero-order valence-corrected chi connectivity index (χ0v) is 22.4. The Kier molecular flexibility index (Phi) is 11.0. The Morgan fingerprint density at radius 3 is 1.29 bits per heavy atom. The summed E-state index contributed by atoms with van der Waals surface area (Å²) < 4.78 is 0. The quantitative estimate of drug-likeness (QED) is 0.194. The molecular weight excluding hydrogens is 452 g/mol. The van der Waals surface area contributed by atoms with Gasteiger partial charge >= 0.3 is 0 Å². The van der Waals surface area contributed by atoms with Crippen LogP contribution in [-0.2, 0) is 0 Å². The highest BCUT2D eigenvalue weighted by molar-refractivity contribution is 7.99. The van der Waals surface area contributed by atoms with E-state index in [0.29, 0.717) is 0 Å². The van der Waals surface area contributed by atoms with E-state index < -0.39 is 0 Å². The highest BCUT2D eigenvalue weighted by Crippen LogP contribution is 2.26. The number of hydrogen-bond acceptors (Lipinski definition) is 4. The molecule has 34 heavy (non-hydrogen) atoms. The molecule has 0 bridgehead atoms. The van der Waals surface area contributed by atoms with Crippen LogP contribution in [0.15, 0.2) is 82.6 Å². The SMILES string of the molecule is CN(C)CCSc1ccccc1C=Cc1ccc(C=Cc2ccccc2SCCN(C)C)cc1. The van der Waals surface area contributed by atoms with Crippen LogP contribution in [0.1, 0.15) is 22.3 Å². The third-order valence-electron chi connectivity index (χ3n) is 5.28. The monoisotopic (exact) mass is 488 g/mol. The number of hydrogen-bond donors (Lipinski definition) is 0. The Balaban J connectivity index is 1.62. The van der Waals surface area contributed by atoms with Crippen LogP contribution < -0.4 is 0 Å². The van der Waals surface area contributed by atoms with Gasteiger partial charge in [-0.1, -0.05) is 85.0 Å². The molecule has 0 radical (unpaired) electrons. The molecule has 3 aromatic carbocycles. The van der Waals surface area contributed by atoms with Crippen LogP contribution in [0, 0.1) is 0 Å². The van der Waals surface area contributed by atoms with E-state index in [1.165, 1.54) is 32.0 Å². The van der Waals surface area contributed by atoms with Crippen LogP contribution in [0.5, 0.6) is 0 Å². The Labute approximate surface area is 214 Å². The van der Waals surface area contributed by atoms with Crippen molar-refractivity contribution < 1.29 is 0 Å². The third-order valence-corrected chi connectivity index (χ3v) is 7.42. The van der Waals surface area contributed by atoms with Crippen molar-refractivity contribution in [2.24, 2.45) is 0 Å². The molecule has 0 aliphatic carbocycles. The smallest absolute Gasteiger partial charge is 0.0145 e. The Bertz CT molecular complexity index is 983. The molecule has 0 aliphatic rings. The van der Waals surface area contributed by atoms with Crippen LogP contribution in [-0.4, -0.2) is 62.6 Å². The Hall–Kier alpha value is -2.24. The van der Waals surface area contributed by atoms with Gasteiger partial charge in [-0.15, -0.1) is 23.5 Å². The lowest BCUT2D eigenvalue weighted by Crippen LogP contribution is -2.14. The van der Waals surface area contributed by atoms with E-state index in [1.54, 1.807) is 0 Å². The van der Waals surface area contributed by atoms with Crippen molar-refractivity contribution in [3.8, 4) is 0 Å². The van der Waals surface area contributed by atoms with Gasteiger partial charge in [0.2, 0.25) is 0 Å². The molecule has 0 spiro atoms. The molecule has 0 saturated heterocycles. The van der Waals surface area contributed by atoms with Gasteiger partial charge in [0, 0.05) is 34.4 Å². The molecule has 178 valence electrons. The fourth-order valence-corrected chi connectivity index (χ4v) is 5.57. The van der Waals surface area contributed by atoms with E-state index in [4.69, 9.17) is 0 Å². The van der Waals surface area contributed by atoms with Crippen molar-refractivity contribution in [2.45, 2.75) is 9.79 Å². The summed E-state index contributed by atoms with van der Waals surface area (Å²) in [7, 11) is 8.48. The normalized spacial score (nSPS) is 11.9. The summed E-state index contributed by atoms with van der Waals surface area (Å²) in [5.41, 5.74) is 4.98. The number of nitrogens with zero attached hydrogens (tertiary/aromatic N) is 2. The minimum absolute atomic E-state index is 1.08. The number of benzene rings is 3. The maximum atomic E-state index is 2.23. The first-order valence-electron chi connectivity index (χ1n) is 11.7. The summed E-state index contributed by atoms with van der Waals surface area (Å²) in [5, 5.41) is 0. The molecule has 0 saturated carbocycles. The maximum absolute atomic E-state index is 2.23. The van der Waals surface area contributed by atoms with Gasteiger partial charge in [-0.3, -0.25) is 0 Å². The van der Waals surface area contributed by atoms with Crippen molar-refractivity contribution in [1.82, 2.24) is 9.80 Å². The van der Waals surface area contributed by atoms with E-state index in [-0.39, 0.29) is 0 Å². The summed E-state index contributed by atoms with van der Waals surface area (Å²) in [5.74, 6) is 2.19.